The number of Topliss-reactive ketones (excluding diaryl/α,β-unsaturated/α-hetero) is 1. The van der Waals surface area contributed by atoms with Crippen molar-refractivity contribution in [1.82, 2.24) is 10.2 Å². The Morgan fingerprint density at radius 1 is 1.19 bits per heavy atom. The molecule has 1 heterocycles. The molecule has 0 saturated carbocycles. The molecule has 0 aliphatic carbocycles. The van der Waals surface area contributed by atoms with Crippen molar-refractivity contribution in [1.29, 1.82) is 0 Å². The van der Waals surface area contributed by atoms with Crippen LogP contribution in [0.4, 0.5) is 5.82 Å². The van der Waals surface area contributed by atoms with E-state index >= 15 is 0 Å². The van der Waals surface area contributed by atoms with Crippen molar-refractivity contribution in [3.8, 4) is 0 Å². The van der Waals surface area contributed by atoms with Gasteiger partial charge in [-0.05, 0) is 24.6 Å². The molecule has 3 aromatic rings. The van der Waals surface area contributed by atoms with Crippen LogP contribution in [0.5, 0.6) is 0 Å². The van der Waals surface area contributed by atoms with Gasteiger partial charge in [-0.15, -0.1) is 0 Å². The number of nitrogens with zero attached hydrogens (tertiary/aromatic N) is 2. The summed E-state index contributed by atoms with van der Waals surface area (Å²) in [5.41, 5.74) is 2.74. The van der Waals surface area contributed by atoms with Gasteiger partial charge in [-0.3, -0.25) is 14.9 Å². The van der Waals surface area contributed by atoms with Gasteiger partial charge >= 0.3 is 0 Å². The van der Waals surface area contributed by atoms with Gasteiger partial charge in [-0.25, -0.2) is 0 Å². The molecule has 0 bridgehead atoms. The molecule has 0 amide bonds. The predicted molar refractivity (Wildman–Crippen MR) is 115 cm³/mol. The summed E-state index contributed by atoms with van der Waals surface area (Å²) in [6, 6.07) is 19.3. The van der Waals surface area contributed by atoms with Crippen molar-refractivity contribution in [2.24, 2.45) is 4.99 Å². The Bertz CT molecular complexity index is 923. The molecule has 27 heavy (non-hydrogen) atoms. The highest BCUT2D eigenvalue weighted by molar-refractivity contribution is 9.10. The number of amidine groups is 1. The maximum absolute atomic E-state index is 12.5. The molecule has 0 unspecified atom stereocenters. The quantitative estimate of drug-likeness (QED) is 0.317. The summed E-state index contributed by atoms with van der Waals surface area (Å²) in [4.78, 5) is 17.1. The van der Waals surface area contributed by atoms with E-state index in [1.807, 2.05) is 67.6 Å². The first kappa shape index (κ1) is 19.4. The van der Waals surface area contributed by atoms with Gasteiger partial charge in [0.2, 0.25) is 0 Å². The van der Waals surface area contributed by atoms with Crippen molar-refractivity contribution < 1.29 is 4.79 Å². The number of aromatic nitrogens is 2. The van der Waals surface area contributed by atoms with Crippen molar-refractivity contribution >= 4 is 44.5 Å². The Morgan fingerprint density at radius 2 is 1.93 bits per heavy atom. The fraction of sp³-hybridized carbons (Fsp3) is 0.150. The van der Waals surface area contributed by atoms with Gasteiger partial charge in [0.1, 0.15) is 0 Å². The number of nitrogens with one attached hydrogen (secondary N) is 2. The first-order valence-electron chi connectivity index (χ1n) is 8.39. The molecule has 5 nitrogen and oxygen atoms in total. The molecule has 0 spiro atoms. The van der Waals surface area contributed by atoms with Gasteiger partial charge in [0.05, 0.1) is 12.3 Å². The summed E-state index contributed by atoms with van der Waals surface area (Å²) in [5, 5.41) is 10.9. The average Bonchev–Trinajstić information content (AvgIpc) is 3.10. The van der Waals surface area contributed by atoms with E-state index in [-0.39, 0.29) is 5.78 Å². The van der Waals surface area contributed by atoms with E-state index in [1.54, 1.807) is 0 Å². The number of hydrogen-bond acceptors (Lipinski definition) is 4. The summed E-state index contributed by atoms with van der Waals surface area (Å²) in [6.45, 7) is 2.47. The summed E-state index contributed by atoms with van der Waals surface area (Å²) in [6.07, 6.45) is 0. The number of anilines is 1. The third-order valence-electron chi connectivity index (χ3n) is 3.70. The lowest BCUT2D eigenvalue weighted by Crippen LogP contribution is -2.13. The smallest absolute Gasteiger partial charge is 0.173 e. The molecule has 0 atom stereocenters. The van der Waals surface area contributed by atoms with E-state index in [1.165, 1.54) is 11.8 Å². The van der Waals surface area contributed by atoms with Crippen LogP contribution in [-0.4, -0.2) is 26.9 Å². The minimum Gasteiger partial charge on any atom is -0.318 e. The summed E-state index contributed by atoms with van der Waals surface area (Å²) < 4.78 is 0.951. The number of aryl methyl sites for hydroxylation is 1. The maximum atomic E-state index is 12.5. The Morgan fingerprint density at radius 3 is 2.59 bits per heavy atom. The van der Waals surface area contributed by atoms with E-state index in [0.29, 0.717) is 28.8 Å². The van der Waals surface area contributed by atoms with Crippen molar-refractivity contribution in [2.75, 3.05) is 11.1 Å². The third kappa shape index (κ3) is 6.08. The number of thioether (sulfide) groups is 1. The topological polar surface area (TPSA) is 70.1 Å². The lowest BCUT2D eigenvalue weighted by Gasteiger charge is -2.08. The molecule has 7 heteroatoms. The lowest BCUT2D eigenvalue weighted by molar-refractivity contribution is 0.102. The van der Waals surface area contributed by atoms with Gasteiger partial charge in [0, 0.05) is 21.8 Å². The van der Waals surface area contributed by atoms with E-state index < -0.39 is 0 Å². The average molecular weight is 443 g/mol. The second-order valence-electron chi connectivity index (χ2n) is 5.89. The number of carbonyl (C=O) groups is 1. The van der Waals surface area contributed by atoms with Crippen LogP contribution in [0.15, 0.2) is 70.1 Å². The second kappa shape index (κ2) is 9.53. The largest absolute Gasteiger partial charge is 0.318 e. The molecule has 2 N–H and O–H groups in total. The van der Waals surface area contributed by atoms with Gasteiger partial charge in [0.15, 0.2) is 16.8 Å². The highest BCUT2D eigenvalue weighted by Gasteiger charge is 2.10. The normalized spacial score (nSPS) is 11.4. The van der Waals surface area contributed by atoms with Gasteiger partial charge in [-0.2, -0.15) is 5.10 Å². The Kier molecular flexibility index (Phi) is 6.84. The van der Waals surface area contributed by atoms with Gasteiger partial charge in [-0.1, -0.05) is 70.2 Å². The van der Waals surface area contributed by atoms with Crippen LogP contribution in [0.3, 0.4) is 0 Å². The van der Waals surface area contributed by atoms with E-state index in [2.05, 4.69) is 36.4 Å². The van der Waals surface area contributed by atoms with E-state index in [4.69, 9.17) is 0 Å². The molecule has 2 aromatic carbocycles. The number of halogens is 1. The fourth-order valence-electron chi connectivity index (χ4n) is 2.31. The van der Waals surface area contributed by atoms with E-state index in [9.17, 15) is 4.79 Å². The standard InChI is InChI=1S/C20H19BrN4OS/c1-14-11-19(25-24-14)23-20(22-12-15-5-3-2-4-6-15)27-13-18(26)16-7-9-17(21)10-8-16/h2-11H,12-13H2,1H3,(H2,22,23,24,25). The van der Waals surface area contributed by atoms with Crippen molar-refractivity contribution in [3.63, 3.8) is 0 Å². The van der Waals surface area contributed by atoms with Crippen molar-refractivity contribution in [3.05, 3.63) is 82.0 Å². The van der Waals surface area contributed by atoms with Crippen LogP contribution in [0.2, 0.25) is 0 Å². The minimum absolute atomic E-state index is 0.0555. The molecule has 3 rings (SSSR count). The number of rotatable bonds is 6. The monoisotopic (exact) mass is 442 g/mol. The molecule has 138 valence electrons. The zero-order chi connectivity index (χ0) is 19.1. The summed E-state index contributed by atoms with van der Waals surface area (Å²) >= 11 is 4.76. The molecule has 0 fully saturated rings. The molecule has 0 aliphatic heterocycles. The Labute approximate surface area is 170 Å². The number of carbonyl (C=O) groups excluding carboxylic acids is 1. The number of benzene rings is 2. The molecular weight excluding hydrogens is 424 g/mol. The van der Waals surface area contributed by atoms with Crippen LogP contribution in [-0.2, 0) is 6.54 Å². The summed E-state index contributed by atoms with van der Waals surface area (Å²) in [5.74, 6) is 1.04. The highest BCUT2D eigenvalue weighted by atomic mass is 79.9. The van der Waals surface area contributed by atoms with Crippen molar-refractivity contribution in [2.45, 2.75) is 13.5 Å². The first-order valence-corrected chi connectivity index (χ1v) is 10.2. The Balaban J connectivity index is 1.68. The summed E-state index contributed by atoms with van der Waals surface area (Å²) in [7, 11) is 0. The molecule has 0 aliphatic rings. The molecule has 0 radical (unpaired) electrons. The van der Waals surface area contributed by atoms with Gasteiger partial charge < -0.3 is 5.32 Å². The zero-order valence-electron chi connectivity index (χ0n) is 14.8. The van der Waals surface area contributed by atoms with Crippen LogP contribution in [0.25, 0.3) is 0 Å². The minimum atomic E-state index is 0.0555. The highest BCUT2D eigenvalue weighted by Crippen LogP contribution is 2.16. The fourth-order valence-corrected chi connectivity index (χ4v) is 3.34. The van der Waals surface area contributed by atoms with Gasteiger partial charge in [0.25, 0.3) is 0 Å². The number of aliphatic imine (C=N–C) groups is 1. The van der Waals surface area contributed by atoms with E-state index in [0.717, 1.165) is 15.7 Å². The van der Waals surface area contributed by atoms with Crippen LogP contribution < -0.4 is 5.32 Å². The third-order valence-corrected chi connectivity index (χ3v) is 5.13. The van der Waals surface area contributed by atoms with Crippen LogP contribution in [0, 0.1) is 6.92 Å². The maximum Gasteiger partial charge on any atom is 0.173 e. The number of H-pyrrole nitrogens is 1. The zero-order valence-corrected chi connectivity index (χ0v) is 17.2. The Hall–Kier alpha value is -2.38. The first-order chi connectivity index (χ1) is 13.1. The lowest BCUT2D eigenvalue weighted by atomic mass is 10.2. The SMILES string of the molecule is Cc1cc(NC(=NCc2ccccc2)SCC(=O)c2ccc(Br)cc2)n[nH]1. The van der Waals surface area contributed by atoms with Crippen LogP contribution >= 0.6 is 27.7 Å². The number of hydrogen-bond donors (Lipinski definition) is 2. The molecule has 0 saturated heterocycles. The number of aromatic amines is 1. The molecular formula is C20H19BrN4OS. The number of ketones is 1. The second-order valence-corrected chi connectivity index (χ2v) is 7.77. The van der Waals surface area contributed by atoms with Crippen LogP contribution in [0.1, 0.15) is 21.6 Å². The molecule has 1 aromatic heterocycles. The predicted octanol–water partition coefficient (Wildman–Crippen LogP) is 5.06.